The molecule has 4 nitrogen and oxygen atoms in total. The molecule has 2 unspecified atom stereocenters. The Labute approximate surface area is 108 Å². The molecule has 1 amide bonds. The van der Waals surface area contributed by atoms with Gasteiger partial charge in [0, 0.05) is 18.8 Å². The smallest absolute Gasteiger partial charge is 0.227 e. The van der Waals surface area contributed by atoms with Crippen molar-refractivity contribution in [2.75, 3.05) is 18.8 Å². The van der Waals surface area contributed by atoms with Crippen LogP contribution in [0.3, 0.4) is 0 Å². The molecule has 1 aromatic carbocycles. The van der Waals surface area contributed by atoms with Crippen molar-refractivity contribution < 1.29 is 9.53 Å². The fourth-order valence-electron chi connectivity index (χ4n) is 2.37. The predicted octanol–water partition coefficient (Wildman–Crippen LogP) is 1.45. The van der Waals surface area contributed by atoms with Gasteiger partial charge in [-0.25, -0.2) is 0 Å². The van der Waals surface area contributed by atoms with Crippen molar-refractivity contribution in [3.05, 3.63) is 29.8 Å². The van der Waals surface area contributed by atoms with Gasteiger partial charge in [0.05, 0.1) is 18.6 Å². The summed E-state index contributed by atoms with van der Waals surface area (Å²) < 4.78 is 5.62. The summed E-state index contributed by atoms with van der Waals surface area (Å²) in [6.07, 6.45) is 0.627. The van der Waals surface area contributed by atoms with Gasteiger partial charge in [0.2, 0.25) is 5.91 Å². The monoisotopic (exact) mass is 248 g/mol. The minimum atomic E-state index is 0.110. The van der Waals surface area contributed by atoms with Crippen LogP contribution in [0.2, 0.25) is 0 Å². The third-order valence-electron chi connectivity index (χ3n) is 3.08. The minimum Gasteiger partial charge on any atom is -0.399 e. The van der Waals surface area contributed by atoms with Gasteiger partial charge in [-0.15, -0.1) is 0 Å². The van der Waals surface area contributed by atoms with Crippen LogP contribution in [0.4, 0.5) is 5.69 Å². The quantitative estimate of drug-likeness (QED) is 0.806. The second-order valence-electron chi connectivity index (χ2n) is 4.98. The molecule has 1 aliphatic rings. The third kappa shape index (κ3) is 3.23. The molecule has 1 saturated heterocycles. The average molecular weight is 248 g/mol. The Balaban J connectivity index is 1.99. The highest BCUT2D eigenvalue weighted by molar-refractivity contribution is 5.79. The lowest BCUT2D eigenvalue weighted by Crippen LogP contribution is -2.48. The maximum Gasteiger partial charge on any atom is 0.227 e. The summed E-state index contributed by atoms with van der Waals surface area (Å²) >= 11 is 0. The van der Waals surface area contributed by atoms with E-state index < -0.39 is 0 Å². The number of ether oxygens (including phenoxy) is 1. The standard InChI is InChI=1S/C14H20N2O2/c1-10-8-16(9-11(2)18-10)14(17)7-12-4-3-5-13(15)6-12/h3-6,10-11H,7-9,15H2,1-2H3. The number of nitrogens with zero attached hydrogens (tertiary/aromatic N) is 1. The van der Waals surface area contributed by atoms with Crippen molar-refractivity contribution in [2.45, 2.75) is 32.5 Å². The number of carbonyl (C=O) groups is 1. The Kier molecular flexibility index (Phi) is 3.87. The molecule has 0 bridgehead atoms. The highest BCUT2D eigenvalue weighted by atomic mass is 16.5. The van der Waals surface area contributed by atoms with Gasteiger partial charge in [0.15, 0.2) is 0 Å². The lowest BCUT2D eigenvalue weighted by Gasteiger charge is -2.35. The van der Waals surface area contributed by atoms with Gasteiger partial charge < -0.3 is 15.4 Å². The molecule has 1 fully saturated rings. The topological polar surface area (TPSA) is 55.6 Å². The number of anilines is 1. The zero-order chi connectivity index (χ0) is 13.1. The first-order valence-corrected chi connectivity index (χ1v) is 6.32. The molecule has 0 saturated carbocycles. The molecular formula is C14H20N2O2. The minimum absolute atomic E-state index is 0.110. The van der Waals surface area contributed by atoms with Gasteiger partial charge in [-0.05, 0) is 31.5 Å². The van der Waals surface area contributed by atoms with Gasteiger partial charge in [-0.3, -0.25) is 4.79 Å². The lowest BCUT2D eigenvalue weighted by atomic mass is 10.1. The number of carbonyl (C=O) groups excluding carboxylic acids is 1. The molecule has 18 heavy (non-hydrogen) atoms. The van der Waals surface area contributed by atoms with E-state index >= 15 is 0 Å². The van der Waals surface area contributed by atoms with Crippen molar-refractivity contribution in [3.63, 3.8) is 0 Å². The number of hydrogen-bond donors (Lipinski definition) is 1. The largest absolute Gasteiger partial charge is 0.399 e. The first-order valence-electron chi connectivity index (χ1n) is 6.32. The Bertz CT molecular complexity index is 424. The Morgan fingerprint density at radius 3 is 2.67 bits per heavy atom. The van der Waals surface area contributed by atoms with E-state index in [2.05, 4.69) is 0 Å². The number of benzene rings is 1. The van der Waals surface area contributed by atoms with Crippen molar-refractivity contribution in [2.24, 2.45) is 0 Å². The summed E-state index contributed by atoms with van der Waals surface area (Å²) in [5.41, 5.74) is 7.37. The van der Waals surface area contributed by atoms with Crippen LogP contribution in [-0.2, 0) is 16.0 Å². The summed E-state index contributed by atoms with van der Waals surface area (Å²) in [6, 6.07) is 7.49. The van der Waals surface area contributed by atoms with E-state index in [1.165, 1.54) is 0 Å². The van der Waals surface area contributed by atoms with Crippen molar-refractivity contribution in [3.8, 4) is 0 Å². The summed E-state index contributed by atoms with van der Waals surface area (Å²) in [4.78, 5) is 14.1. The molecule has 1 aromatic rings. The molecule has 0 radical (unpaired) electrons. The molecule has 0 aromatic heterocycles. The normalized spacial score (nSPS) is 24.0. The van der Waals surface area contributed by atoms with Gasteiger partial charge in [0.1, 0.15) is 0 Å². The lowest BCUT2D eigenvalue weighted by molar-refractivity contribution is -0.142. The second-order valence-corrected chi connectivity index (χ2v) is 4.98. The maximum absolute atomic E-state index is 12.2. The van der Waals surface area contributed by atoms with E-state index in [1.54, 1.807) is 0 Å². The number of morpholine rings is 1. The van der Waals surface area contributed by atoms with Crippen LogP contribution in [0.25, 0.3) is 0 Å². The van der Waals surface area contributed by atoms with Crippen LogP contribution in [0, 0.1) is 0 Å². The molecular weight excluding hydrogens is 228 g/mol. The van der Waals surface area contributed by atoms with Crippen LogP contribution in [0.15, 0.2) is 24.3 Å². The molecule has 1 heterocycles. The van der Waals surface area contributed by atoms with E-state index in [9.17, 15) is 4.79 Å². The molecule has 0 spiro atoms. The molecule has 2 N–H and O–H groups in total. The molecule has 0 aliphatic carbocycles. The Morgan fingerprint density at radius 1 is 1.39 bits per heavy atom. The molecule has 98 valence electrons. The summed E-state index contributed by atoms with van der Waals surface area (Å²) in [5.74, 6) is 0.141. The van der Waals surface area contributed by atoms with E-state index in [0.717, 1.165) is 5.56 Å². The van der Waals surface area contributed by atoms with Gasteiger partial charge >= 0.3 is 0 Å². The van der Waals surface area contributed by atoms with Gasteiger partial charge in [-0.2, -0.15) is 0 Å². The van der Waals surface area contributed by atoms with Crippen LogP contribution in [0.5, 0.6) is 0 Å². The molecule has 2 atom stereocenters. The molecule has 2 rings (SSSR count). The highest BCUT2D eigenvalue weighted by Gasteiger charge is 2.25. The van der Waals surface area contributed by atoms with Crippen LogP contribution >= 0.6 is 0 Å². The van der Waals surface area contributed by atoms with Crippen LogP contribution in [-0.4, -0.2) is 36.1 Å². The SMILES string of the molecule is CC1CN(C(=O)Cc2cccc(N)c2)CC(C)O1. The first-order chi connectivity index (χ1) is 8.54. The summed E-state index contributed by atoms with van der Waals surface area (Å²) in [6.45, 7) is 5.34. The van der Waals surface area contributed by atoms with E-state index in [4.69, 9.17) is 10.5 Å². The number of nitrogen functional groups attached to an aromatic ring is 1. The summed E-state index contributed by atoms with van der Waals surface area (Å²) in [5, 5.41) is 0. The number of hydrogen-bond acceptors (Lipinski definition) is 3. The Morgan fingerprint density at radius 2 is 2.06 bits per heavy atom. The van der Waals surface area contributed by atoms with Crippen molar-refractivity contribution >= 4 is 11.6 Å². The van der Waals surface area contributed by atoms with E-state index in [-0.39, 0.29) is 18.1 Å². The average Bonchev–Trinajstić information content (AvgIpc) is 2.27. The van der Waals surface area contributed by atoms with Gasteiger partial charge in [-0.1, -0.05) is 12.1 Å². The predicted molar refractivity (Wildman–Crippen MR) is 71.1 cm³/mol. The van der Waals surface area contributed by atoms with Crippen LogP contribution in [0.1, 0.15) is 19.4 Å². The van der Waals surface area contributed by atoms with E-state index in [0.29, 0.717) is 25.2 Å². The van der Waals surface area contributed by atoms with Crippen molar-refractivity contribution in [1.29, 1.82) is 0 Å². The first kappa shape index (κ1) is 12.9. The van der Waals surface area contributed by atoms with Gasteiger partial charge in [0.25, 0.3) is 0 Å². The second kappa shape index (κ2) is 5.40. The fraction of sp³-hybridized carbons (Fsp3) is 0.500. The maximum atomic E-state index is 12.2. The zero-order valence-corrected chi connectivity index (χ0v) is 10.9. The fourth-order valence-corrected chi connectivity index (χ4v) is 2.37. The number of amides is 1. The molecule has 4 heteroatoms. The highest BCUT2D eigenvalue weighted by Crippen LogP contribution is 2.13. The third-order valence-corrected chi connectivity index (χ3v) is 3.08. The number of rotatable bonds is 2. The van der Waals surface area contributed by atoms with E-state index in [1.807, 2.05) is 43.0 Å². The zero-order valence-electron chi connectivity index (χ0n) is 10.9. The van der Waals surface area contributed by atoms with Crippen LogP contribution < -0.4 is 5.73 Å². The molecule has 1 aliphatic heterocycles. The number of nitrogens with two attached hydrogens (primary N) is 1. The van der Waals surface area contributed by atoms with Crippen molar-refractivity contribution in [1.82, 2.24) is 4.90 Å². The Hall–Kier alpha value is -1.55. The summed E-state index contributed by atoms with van der Waals surface area (Å²) in [7, 11) is 0.